The number of rotatable bonds is 4. The van der Waals surface area contributed by atoms with Crippen molar-refractivity contribution in [3.8, 4) is 47.4 Å². The second-order valence-corrected chi connectivity index (χ2v) is 3.97. The Morgan fingerprint density at radius 3 is 1.80 bits per heavy atom. The average Bonchev–Trinajstić information content (AvgIpc) is 2.43. The lowest BCUT2D eigenvalue weighted by Gasteiger charge is -1.87. The molecule has 0 aromatic heterocycles. The summed E-state index contributed by atoms with van der Waals surface area (Å²) in [6.07, 6.45) is 5.98. The first kappa shape index (κ1) is 17.7. The summed E-state index contributed by atoms with van der Waals surface area (Å²) in [7, 11) is 0. The summed E-state index contributed by atoms with van der Waals surface area (Å²) < 4.78 is 0. The van der Waals surface area contributed by atoms with Crippen LogP contribution in [0.25, 0.3) is 0 Å². The number of unbranched alkanes of at least 4 members (excludes halogenated alkanes) is 3. The maximum Gasteiger partial charge on any atom is 0.315 e. The zero-order valence-electron chi connectivity index (χ0n) is 12.0. The van der Waals surface area contributed by atoms with E-state index in [-0.39, 0.29) is 6.42 Å². The molecular weight excluding hydrogens is 248 g/mol. The number of aliphatic carboxylic acids is 1. The molecular formula is C18H20O2. The van der Waals surface area contributed by atoms with Crippen LogP contribution in [-0.4, -0.2) is 11.1 Å². The van der Waals surface area contributed by atoms with Crippen molar-refractivity contribution >= 4 is 5.97 Å². The van der Waals surface area contributed by atoms with Crippen LogP contribution in [0.15, 0.2) is 0 Å². The maximum atomic E-state index is 10.2. The van der Waals surface area contributed by atoms with E-state index in [0.29, 0.717) is 19.3 Å². The zero-order valence-corrected chi connectivity index (χ0v) is 12.0. The molecule has 0 aromatic rings. The minimum absolute atomic E-state index is 0.127. The first-order chi connectivity index (χ1) is 9.77. The molecule has 0 spiro atoms. The molecule has 20 heavy (non-hydrogen) atoms. The summed E-state index contributed by atoms with van der Waals surface area (Å²) in [5.41, 5.74) is 0. The molecule has 0 radical (unpaired) electrons. The molecule has 0 amide bonds. The largest absolute Gasteiger partial charge is 0.481 e. The van der Waals surface area contributed by atoms with E-state index in [1.54, 1.807) is 0 Å². The summed E-state index contributed by atoms with van der Waals surface area (Å²) in [5, 5.41) is 8.35. The molecule has 0 saturated heterocycles. The van der Waals surface area contributed by atoms with Gasteiger partial charge in [-0.2, -0.15) is 0 Å². The van der Waals surface area contributed by atoms with E-state index < -0.39 is 5.97 Å². The smallest absolute Gasteiger partial charge is 0.315 e. The van der Waals surface area contributed by atoms with Gasteiger partial charge in [-0.1, -0.05) is 61.2 Å². The van der Waals surface area contributed by atoms with E-state index in [1.807, 2.05) is 0 Å². The van der Waals surface area contributed by atoms with E-state index in [0.717, 1.165) is 6.42 Å². The zero-order chi connectivity index (χ0) is 14.9. The van der Waals surface area contributed by atoms with Gasteiger partial charge in [-0.25, -0.2) is 0 Å². The summed E-state index contributed by atoms with van der Waals surface area (Å²) >= 11 is 0. The molecule has 0 aliphatic rings. The van der Waals surface area contributed by atoms with E-state index in [4.69, 9.17) is 5.11 Å². The molecule has 0 heterocycles. The molecule has 1 N–H and O–H groups in total. The van der Waals surface area contributed by atoms with Crippen molar-refractivity contribution in [1.82, 2.24) is 0 Å². The van der Waals surface area contributed by atoms with Gasteiger partial charge in [-0.05, 0) is 6.42 Å². The fourth-order valence-electron chi connectivity index (χ4n) is 1.20. The number of hydrogen-bond donors (Lipinski definition) is 1. The van der Waals surface area contributed by atoms with E-state index >= 15 is 0 Å². The van der Waals surface area contributed by atoms with Crippen molar-refractivity contribution in [2.45, 2.75) is 58.3 Å². The van der Waals surface area contributed by atoms with Crippen LogP contribution in [0.2, 0.25) is 0 Å². The van der Waals surface area contributed by atoms with Gasteiger partial charge in [0.25, 0.3) is 0 Å². The lowest BCUT2D eigenvalue weighted by molar-refractivity contribution is -0.135. The Morgan fingerprint density at radius 2 is 1.30 bits per heavy atom. The van der Waals surface area contributed by atoms with Crippen LogP contribution in [0.1, 0.15) is 58.3 Å². The lowest BCUT2D eigenvalue weighted by atomic mass is 10.2. The summed E-state index contributed by atoms with van der Waals surface area (Å²) in [6.45, 7) is 2.18. The van der Waals surface area contributed by atoms with Gasteiger partial charge in [-0.3, -0.25) is 4.79 Å². The van der Waals surface area contributed by atoms with Crippen molar-refractivity contribution in [2.75, 3.05) is 0 Å². The standard InChI is InChI=1S/C18H20O2/c1-2-3-4-5-6-7-8-9-10-11-12-13-14-15-16-17-18(19)20/h2-5,8,11,14,17H2,1H3,(H,19,20). The molecule has 0 bridgehead atoms. The molecule has 0 atom stereocenters. The van der Waals surface area contributed by atoms with Crippen LogP contribution in [0.3, 0.4) is 0 Å². The van der Waals surface area contributed by atoms with E-state index in [2.05, 4.69) is 54.3 Å². The third-order valence-electron chi connectivity index (χ3n) is 2.18. The molecule has 0 fully saturated rings. The second-order valence-electron chi connectivity index (χ2n) is 3.97. The SMILES string of the molecule is CCCCCC#CCC#CCC#CCC#CCC(=O)O. The monoisotopic (exact) mass is 268 g/mol. The Hall–Kier alpha value is -2.29. The Bertz CT molecular complexity index is 513. The minimum atomic E-state index is -0.910. The van der Waals surface area contributed by atoms with Gasteiger partial charge in [0.1, 0.15) is 6.42 Å². The summed E-state index contributed by atoms with van der Waals surface area (Å²) in [4.78, 5) is 10.2. The van der Waals surface area contributed by atoms with Crippen molar-refractivity contribution in [2.24, 2.45) is 0 Å². The van der Waals surface area contributed by atoms with Crippen LogP contribution in [0.4, 0.5) is 0 Å². The highest BCUT2D eigenvalue weighted by Crippen LogP contribution is 1.96. The van der Waals surface area contributed by atoms with Crippen LogP contribution >= 0.6 is 0 Å². The van der Waals surface area contributed by atoms with Gasteiger partial charge in [0.15, 0.2) is 0 Å². The van der Waals surface area contributed by atoms with Gasteiger partial charge in [0.2, 0.25) is 0 Å². The highest BCUT2D eigenvalue weighted by atomic mass is 16.4. The molecule has 104 valence electrons. The second kappa shape index (κ2) is 14.8. The third kappa shape index (κ3) is 15.7. The van der Waals surface area contributed by atoms with E-state index in [9.17, 15) is 4.79 Å². The topological polar surface area (TPSA) is 37.3 Å². The summed E-state index contributed by atoms with van der Waals surface area (Å²) in [5.74, 6) is 22.0. The predicted molar refractivity (Wildman–Crippen MR) is 81.3 cm³/mol. The normalized spacial score (nSPS) is 7.65. The van der Waals surface area contributed by atoms with Gasteiger partial charge in [-0.15, -0.1) is 5.92 Å². The van der Waals surface area contributed by atoms with Gasteiger partial charge in [0, 0.05) is 6.42 Å². The van der Waals surface area contributed by atoms with Gasteiger partial charge < -0.3 is 5.11 Å². The van der Waals surface area contributed by atoms with Crippen LogP contribution in [0.5, 0.6) is 0 Å². The first-order valence-electron chi connectivity index (χ1n) is 6.82. The molecule has 0 aliphatic carbocycles. The number of carbonyl (C=O) groups is 1. The quantitative estimate of drug-likeness (QED) is 0.628. The molecule has 0 rings (SSSR count). The number of carboxylic acid groups (broad SMARTS) is 1. The molecule has 0 unspecified atom stereocenters. The van der Waals surface area contributed by atoms with Crippen molar-refractivity contribution in [1.29, 1.82) is 0 Å². The Labute approximate surface area is 122 Å². The molecule has 2 nitrogen and oxygen atoms in total. The Kier molecular flexibility index (Phi) is 13.1. The van der Waals surface area contributed by atoms with Crippen LogP contribution in [0, 0.1) is 47.4 Å². The molecule has 0 aromatic carbocycles. The number of hydrogen-bond acceptors (Lipinski definition) is 1. The fourth-order valence-corrected chi connectivity index (χ4v) is 1.20. The molecule has 2 heteroatoms. The number of carboxylic acids is 1. The van der Waals surface area contributed by atoms with Crippen molar-refractivity contribution in [3.63, 3.8) is 0 Å². The van der Waals surface area contributed by atoms with Gasteiger partial charge >= 0.3 is 5.97 Å². The average molecular weight is 268 g/mol. The lowest BCUT2D eigenvalue weighted by Crippen LogP contribution is -1.89. The predicted octanol–water partition coefficient (Wildman–Crippen LogP) is 3.23. The summed E-state index contributed by atoms with van der Waals surface area (Å²) in [6, 6.07) is 0. The fraction of sp³-hybridized carbons (Fsp3) is 0.500. The highest BCUT2D eigenvalue weighted by molar-refractivity contribution is 5.69. The first-order valence-corrected chi connectivity index (χ1v) is 6.82. The van der Waals surface area contributed by atoms with Crippen LogP contribution < -0.4 is 0 Å². The molecule has 0 saturated carbocycles. The third-order valence-corrected chi connectivity index (χ3v) is 2.18. The van der Waals surface area contributed by atoms with Crippen molar-refractivity contribution < 1.29 is 9.90 Å². The van der Waals surface area contributed by atoms with E-state index in [1.165, 1.54) is 19.3 Å². The minimum Gasteiger partial charge on any atom is -0.481 e. The maximum absolute atomic E-state index is 10.2. The van der Waals surface area contributed by atoms with Crippen LogP contribution in [-0.2, 0) is 4.79 Å². The van der Waals surface area contributed by atoms with Gasteiger partial charge in [0.05, 0.1) is 19.3 Å². The Morgan fingerprint density at radius 1 is 0.800 bits per heavy atom. The molecule has 0 aliphatic heterocycles. The highest BCUT2D eigenvalue weighted by Gasteiger charge is 1.86. The van der Waals surface area contributed by atoms with Crippen molar-refractivity contribution in [3.05, 3.63) is 0 Å². The Balaban J connectivity index is 3.62.